The Bertz CT molecular complexity index is 1220. The molecule has 0 aliphatic rings. The van der Waals surface area contributed by atoms with E-state index in [1.807, 2.05) is 0 Å². The molecule has 0 spiro atoms. The van der Waals surface area contributed by atoms with E-state index < -0.39 is 6.10 Å². The molecule has 0 radical (unpaired) electrons. The van der Waals surface area contributed by atoms with Crippen LogP contribution in [0.15, 0.2) is 36.5 Å². The summed E-state index contributed by atoms with van der Waals surface area (Å²) >= 11 is 0. The van der Waals surface area contributed by atoms with E-state index in [2.05, 4.69) is 57.2 Å². The van der Waals surface area contributed by atoms with Crippen LogP contribution in [0.3, 0.4) is 0 Å². The Labute approximate surface area is 455 Å². The van der Waals surface area contributed by atoms with Crippen LogP contribution in [0.25, 0.3) is 0 Å². The Morgan fingerprint density at radius 3 is 0.822 bits per heavy atom. The van der Waals surface area contributed by atoms with Crippen molar-refractivity contribution in [1.29, 1.82) is 0 Å². The first-order chi connectivity index (χ1) is 36.0. The molecule has 1 atom stereocenters. The van der Waals surface area contributed by atoms with Gasteiger partial charge in [-0.1, -0.05) is 301 Å². The molecule has 6 heteroatoms. The number of hydrogen-bond donors (Lipinski definition) is 0. The predicted octanol–water partition coefficient (Wildman–Crippen LogP) is 22.0. The van der Waals surface area contributed by atoms with Crippen LogP contribution in [0.2, 0.25) is 0 Å². The number of hydrogen-bond acceptors (Lipinski definition) is 6. The van der Waals surface area contributed by atoms with E-state index in [0.717, 1.165) is 77.0 Å². The second-order valence-electron chi connectivity index (χ2n) is 22.0. The summed E-state index contributed by atoms with van der Waals surface area (Å²) in [5, 5.41) is 0. The van der Waals surface area contributed by atoms with Gasteiger partial charge in [-0.15, -0.1) is 0 Å². The van der Waals surface area contributed by atoms with Crippen molar-refractivity contribution in [2.75, 3.05) is 13.2 Å². The van der Waals surface area contributed by atoms with Gasteiger partial charge in [-0.25, -0.2) is 0 Å². The van der Waals surface area contributed by atoms with E-state index in [1.54, 1.807) is 0 Å². The van der Waals surface area contributed by atoms with Crippen LogP contribution in [0, 0.1) is 0 Å². The molecule has 0 N–H and O–H groups in total. The normalized spacial score (nSPS) is 12.2. The van der Waals surface area contributed by atoms with E-state index in [1.165, 1.54) is 238 Å². The number of allylic oxidation sites excluding steroid dienone is 6. The van der Waals surface area contributed by atoms with Crippen molar-refractivity contribution in [1.82, 2.24) is 0 Å². The van der Waals surface area contributed by atoms with Crippen LogP contribution in [-0.2, 0) is 28.6 Å². The molecule has 0 rings (SSSR count). The Morgan fingerprint density at radius 1 is 0.274 bits per heavy atom. The van der Waals surface area contributed by atoms with Gasteiger partial charge >= 0.3 is 17.9 Å². The first-order valence-electron chi connectivity index (χ1n) is 32.5. The van der Waals surface area contributed by atoms with Crippen molar-refractivity contribution in [3.8, 4) is 0 Å². The lowest BCUT2D eigenvalue weighted by molar-refractivity contribution is -0.167. The third kappa shape index (κ3) is 60.4. The van der Waals surface area contributed by atoms with Crippen molar-refractivity contribution in [2.45, 2.75) is 361 Å². The first kappa shape index (κ1) is 70.6. The van der Waals surface area contributed by atoms with Crippen LogP contribution in [-0.4, -0.2) is 37.2 Å². The largest absolute Gasteiger partial charge is 0.462 e. The van der Waals surface area contributed by atoms with E-state index in [0.29, 0.717) is 19.3 Å². The number of rotatable bonds is 60. The molecule has 0 aliphatic heterocycles. The lowest BCUT2D eigenvalue weighted by atomic mass is 10.0. The highest BCUT2D eigenvalue weighted by molar-refractivity contribution is 5.71. The third-order valence-electron chi connectivity index (χ3n) is 14.6. The zero-order chi connectivity index (χ0) is 52.9. The molecule has 0 saturated carbocycles. The lowest BCUT2D eigenvalue weighted by Crippen LogP contribution is -2.30. The summed E-state index contributed by atoms with van der Waals surface area (Å²) in [6.45, 7) is 6.62. The van der Waals surface area contributed by atoms with Crippen molar-refractivity contribution in [3.63, 3.8) is 0 Å². The second-order valence-corrected chi connectivity index (χ2v) is 22.0. The Morgan fingerprint density at radius 2 is 0.521 bits per heavy atom. The third-order valence-corrected chi connectivity index (χ3v) is 14.6. The Hall–Kier alpha value is -2.37. The van der Waals surface area contributed by atoms with Gasteiger partial charge in [0.05, 0.1) is 0 Å². The molecule has 0 heterocycles. The summed E-state index contributed by atoms with van der Waals surface area (Å²) in [6, 6.07) is 0. The molecule has 0 amide bonds. The summed E-state index contributed by atoms with van der Waals surface area (Å²) in [5.74, 6) is -0.862. The van der Waals surface area contributed by atoms with E-state index in [-0.39, 0.29) is 31.1 Å². The van der Waals surface area contributed by atoms with Crippen LogP contribution >= 0.6 is 0 Å². The number of carbonyl (C=O) groups is 3. The van der Waals surface area contributed by atoms with Crippen molar-refractivity contribution < 1.29 is 28.6 Å². The molecule has 0 bridgehead atoms. The van der Waals surface area contributed by atoms with Crippen LogP contribution in [0.1, 0.15) is 355 Å². The maximum atomic E-state index is 12.9. The van der Waals surface area contributed by atoms with Crippen LogP contribution < -0.4 is 0 Å². The molecule has 0 saturated heterocycles. The van der Waals surface area contributed by atoms with E-state index >= 15 is 0 Å². The van der Waals surface area contributed by atoms with Gasteiger partial charge in [0.2, 0.25) is 0 Å². The molecule has 1 unspecified atom stereocenters. The topological polar surface area (TPSA) is 78.9 Å². The fourth-order valence-electron chi connectivity index (χ4n) is 9.71. The van der Waals surface area contributed by atoms with Gasteiger partial charge in [-0.2, -0.15) is 0 Å². The summed E-state index contributed by atoms with van der Waals surface area (Å²) in [6.07, 6.45) is 75.9. The van der Waals surface area contributed by atoms with Crippen LogP contribution in [0.5, 0.6) is 0 Å². The number of esters is 3. The SMILES string of the molecule is CCC/C=C\CCCCCCCC(=O)OCC(COC(=O)CCCCCCCCCCCCC/C=C\C/C=C\CCCCCCC)OC(=O)CCCCCCCCCCCCCCCCCCCCCCCC. The second kappa shape index (κ2) is 62.2. The standard InChI is InChI=1S/C67H124O6/c1-4-7-10-13-16-19-22-24-26-28-30-32-34-36-37-39-41-43-45-48-51-54-57-60-66(69)72-63-64(62-71-65(68)59-56-53-50-47-21-18-15-12-9-6-3)73-67(70)61-58-55-52-49-46-44-42-40-38-35-33-31-29-27-25-23-20-17-14-11-8-5-2/h12,15,22,24,28,30,64H,4-11,13-14,16-21,23,25-27,29,31-63H2,1-3H3/b15-12-,24-22-,30-28-. The summed E-state index contributed by atoms with van der Waals surface area (Å²) < 4.78 is 16.9. The molecule has 428 valence electrons. The van der Waals surface area contributed by atoms with E-state index in [4.69, 9.17) is 14.2 Å². The number of ether oxygens (including phenoxy) is 3. The summed E-state index contributed by atoms with van der Waals surface area (Å²) in [7, 11) is 0. The fraction of sp³-hybridized carbons (Fsp3) is 0.866. The highest BCUT2D eigenvalue weighted by Gasteiger charge is 2.19. The average Bonchev–Trinajstić information content (AvgIpc) is 3.39. The highest BCUT2D eigenvalue weighted by Crippen LogP contribution is 2.18. The van der Waals surface area contributed by atoms with Crippen molar-refractivity contribution in [3.05, 3.63) is 36.5 Å². The molecule has 6 nitrogen and oxygen atoms in total. The van der Waals surface area contributed by atoms with Crippen molar-refractivity contribution >= 4 is 17.9 Å². The van der Waals surface area contributed by atoms with Gasteiger partial charge in [0.15, 0.2) is 6.10 Å². The molecule has 0 aliphatic carbocycles. The molecule has 0 aromatic carbocycles. The molecular formula is C67H124O6. The van der Waals surface area contributed by atoms with Gasteiger partial charge in [0, 0.05) is 19.3 Å². The molecular weight excluding hydrogens is 901 g/mol. The minimum atomic E-state index is -0.773. The quantitative estimate of drug-likeness (QED) is 0.0261. The van der Waals surface area contributed by atoms with Gasteiger partial charge in [0.25, 0.3) is 0 Å². The number of unbranched alkanes of at least 4 members (excludes halogenated alkanes) is 43. The summed E-state index contributed by atoms with van der Waals surface area (Å²) in [5.41, 5.74) is 0. The monoisotopic (exact) mass is 1020 g/mol. The smallest absolute Gasteiger partial charge is 0.306 e. The molecule has 73 heavy (non-hydrogen) atoms. The molecule has 0 aromatic rings. The predicted molar refractivity (Wildman–Crippen MR) is 316 cm³/mol. The Balaban J connectivity index is 4.20. The average molecular weight is 1030 g/mol. The zero-order valence-electron chi connectivity index (χ0n) is 49.2. The Kier molecular flexibility index (Phi) is 60.2. The van der Waals surface area contributed by atoms with Gasteiger partial charge < -0.3 is 14.2 Å². The lowest BCUT2D eigenvalue weighted by Gasteiger charge is -2.18. The zero-order valence-corrected chi connectivity index (χ0v) is 49.2. The number of carbonyl (C=O) groups excluding carboxylic acids is 3. The van der Waals surface area contributed by atoms with Gasteiger partial charge in [0.1, 0.15) is 13.2 Å². The van der Waals surface area contributed by atoms with Crippen molar-refractivity contribution in [2.24, 2.45) is 0 Å². The fourth-order valence-corrected chi connectivity index (χ4v) is 9.71. The molecule has 0 aromatic heterocycles. The van der Waals surface area contributed by atoms with E-state index in [9.17, 15) is 14.4 Å². The van der Waals surface area contributed by atoms with Crippen LogP contribution in [0.4, 0.5) is 0 Å². The first-order valence-corrected chi connectivity index (χ1v) is 32.5. The minimum Gasteiger partial charge on any atom is -0.462 e. The molecule has 0 fully saturated rings. The minimum absolute atomic E-state index is 0.0719. The van der Waals surface area contributed by atoms with Gasteiger partial charge in [-0.05, 0) is 70.6 Å². The maximum Gasteiger partial charge on any atom is 0.306 e. The summed E-state index contributed by atoms with van der Waals surface area (Å²) in [4.78, 5) is 38.2. The maximum absolute atomic E-state index is 12.9. The highest BCUT2D eigenvalue weighted by atomic mass is 16.6. The van der Waals surface area contributed by atoms with Gasteiger partial charge in [-0.3, -0.25) is 14.4 Å².